The van der Waals surface area contributed by atoms with E-state index < -0.39 is 0 Å². The van der Waals surface area contributed by atoms with Gasteiger partial charge in [-0.3, -0.25) is 0 Å². The summed E-state index contributed by atoms with van der Waals surface area (Å²) in [6, 6.07) is 6.81. The van der Waals surface area contributed by atoms with Crippen molar-refractivity contribution >= 4 is 23.2 Å². The molecule has 0 radical (unpaired) electrons. The lowest BCUT2D eigenvalue weighted by Crippen LogP contribution is -1.93. The quantitative estimate of drug-likeness (QED) is 0.786. The van der Waals surface area contributed by atoms with Crippen molar-refractivity contribution in [2.24, 2.45) is 0 Å². The minimum absolute atomic E-state index is 0.102. The fourth-order valence-corrected chi connectivity index (χ4v) is 1.68. The molecule has 0 unspecified atom stereocenters. The molecule has 1 heterocycles. The highest BCUT2D eigenvalue weighted by atomic mass is 35.5. The third kappa shape index (κ3) is 2.70. The third-order valence-corrected chi connectivity index (χ3v) is 2.70. The number of aromatic nitrogens is 2. The number of nitrogens with zero attached hydrogens (tertiary/aromatic N) is 3. The molecular formula is C12H7Cl2N3O. The molecule has 2 aromatic rings. The second kappa shape index (κ2) is 5.21. The predicted octanol–water partition coefficient (Wildman–Crippen LogP) is 3.76. The zero-order valence-corrected chi connectivity index (χ0v) is 10.8. The molecule has 18 heavy (non-hydrogen) atoms. The van der Waals surface area contributed by atoms with Gasteiger partial charge in [0.1, 0.15) is 11.8 Å². The standard InChI is InChI=1S/C12H7Cl2N3O/c1-7-4-8(6-15)9(13)5-10(7)18-11-2-3-16-12(14)17-11/h2-5H,1H3. The van der Waals surface area contributed by atoms with Gasteiger partial charge in [-0.05, 0) is 30.2 Å². The summed E-state index contributed by atoms with van der Waals surface area (Å²) in [6.45, 7) is 1.81. The number of hydrogen-bond donors (Lipinski definition) is 0. The Bertz CT molecular complexity index is 638. The van der Waals surface area contributed by atoms with Crippen molar-refractivity contribution in [1.29, 1.82) is 5.26 Å². The average Bonchev–Trinajstić information content (AvgIpc) is 2.33. The molecule has 0 fully saturated rings. The van der Waals surface area contributed by atoms with Gasteiger partial charge in [-0.1, -0.05) is 11.6 Å². The molecule has 0 aliphatic heterocycles. The SMILES string of the molecule is Cc1cc(C#N)c(Cl)cc1Oc1ccnc(Cl)n1. The van der Waals surface area contributed by atoms with E-state index in [9.17, 15) is 0 Å². The molecule has 0 saturated carbocycles. The Morgan fingerprint density at radius 3 is 2.78 bits per heavy atom. The lowest BCUT2D eigenvalue weighted by atomic mass is 10.1. The fraction of sp³-hybridized carbons (Fsp3) is 0.0833. The molecule has 0 atom stereocenters. The molecule has 0 saturated heterocycles. The van der Waals surface area contributed by atoms with Crippen LogP contribution in [0, 0.1) is 18.3 Å². The van der Waals surface area contributed by atoms with Crippen LogP contribution in [-0.4, -0.2) is 9.97 Å². The Kier molecular flexibility index (Phi) is 3.66. The van der Waals surface area contributed by atoms with Gasteiger partial charge in [0.25, 0.3) is 0 Å². The Hall–Kier alpha value is -1.83. The average molecular weight is 280 g/mol. The molecule has 0 spiro atoms. The summed E-state index contributed by atoms with van der Waals surface area (Å²) >= 11 is 11.6. The highest BCUT2D eigenvalue weighted by molar-refractivity contribution is 6.31. The first-order valence-corrected chi connectivity index (χ1v) is 5.72. The smallest absolute Gasteiger partial charge is 0.225 e. The van der Waals surface area contributed by atoms with E-state index in [4.69, 9.17) is 33.2 Å². The van der Waals surface area contributed by atoms with Crippen molar-refractivity contribution < 1.29 is 4.74 Å². The molecule has 0 amide bonds. The number of nitriles is 1. The van der Waals surface area contributed by atoms with Crippen LogP contribution in [0.5, 0.6) is 11.6 Å². The van der Waals surface area contributed by atoms with Gasteiger partial charge in [0, 0.05) is 18.3 Å². The normalized spacial score (nSPS) is 9.89. The highest BCUT2D eigenvalue weighted by Gasteiger charge is 2.08. The van der Waals surface area contributed by atoms with E-state index in [1.54, 1.807) is 18.2 Å². The molecule has 2 rings (SSSR count). The number of aryl methyl sites for hydroxylation is 1. The lowest BCUT2D eigenvalue weighted by Gasteiger charge is -2.08. The third-order valence-electron chi connectivity index (χ3n) is 2.20. The molecule has 6 heteroatoms. The first kappa shape index (κ1) is 12.6. The second-order valence-corrected chi connectivity index (χ2v) is 4.22. The largest absolute Gasteiger partial charge is 0.439 e. The Morgan fingerprint density at radius 2 is 2.11 bits per heavy atom. The first-order valence-electron chi connectivity index (χ1n) is 4.97. The molecule has 1 aromatic carbocycles. The zero-order valence-electron chi connectivity index (χ0n) is 9.32. The Morgan fingerprint density at radius 1 is 1.33 bits per heavy atom. The minimum atomic E-state index is 0.102. The molecule has 90 valence electrons. The summed E-state index contributed by atoms with van der Waals surface area (Å²) in [6.07, 6.45) is 1.49. The van der Waals surface area contributed by atoms with Gasteiger partial charge < -0.3 is 4.74 Å². The van der Waals surface area contributed by atoms with Crippen LogP contribution in [0.15, 0.2) is 24.4 Å². The molecule has 1 aromatic heterocycles. The van der Waals surface area contributed by atoms with Crippen LogP contribution in [0.4, 0.5) is 0 Å². The van der Waals surface area contributed by atoms with Gasteiger partial charge in [0.05, 0.1) is 10.6 Å². The van der Waals surface area contributed by atoms with Gasteiger partial charge in [-0.25, -0.2) is 4.98 Å². The monoisotopic (exact) mass is 279 g/mol. The van der Waals surface area contributed by atoms with Crippen LogP contribution in [-0.2, 0) is 0 Å². The highest BCUT2D eigenvalue weighted by Crippen LogP contribution is 2.29. The second-order valence-electron chi connectivity index (χ2n) is 3.48. The van der Waals surface area contributed by atoms with Crippen LogP contribution in [0.3, 0.4) is 0 Å². The van der Waals surface area contributed by atoms with Gasteiger partial charge in [-0.15, -0.1) is 0 Å². The molecule has 0 N–H and O–H groups in total. The van der Waals surface area contributed by atoms with Crippen LogP contribution < -0.4 is 4.74 Å². The van der Waals surface area contributed by atoms with Gasteiger partial charge in [-0.2, -0.15) is 10.2 Å². The summed E-state index contributed by atoms with van der Waals surface area (Å²) < 4.78 is 5.54. The van der Waals surface area contributed by atoms with E-state index in [-0.39, 0.29) is 5.28 Å². The van der Waals surface area contributed by atoms with Crippen molar-refractivity contribution in [2.45, 2.75) is 6.92 Å². The first-order chi connectivity index (χ1) is 8.60. The summed E-state index contributed by atoms with van der Waals surface area (Å²) in [4.78, 5) is 7.66. The number of rotatable bonds is 2. The van der Waals surface area contributed by atoms with Crippen LogP contribution in [0.1, 0.15) is 11.1 Å². The summed E-state index contributed by atoms with van der Waals surface area (Å²) in [5, 5.41) is 9.28. The predicted molar refractivity (Wildman–Crippen MR) is 68.0 cm³/mol. The van der Waals surface area contributed by atoms with E-state index >= 15 is 0 Å². The maximum Gasteiger partial charge on any atom is 0.225 e. The van der Waals surface area contributed by atoms with Gasteiger partial charge in [0.2, 0.25) is 11.2 Å². The Labute approximate surface area is 114 Å². The van der Waals surface area contributed by atoms with Gasteiger partial charge >= 0.3 is 0 Å². The van der Waals surface area contributed by atoms with Crippen molar-refractivity contribution in [1.82, 2.24) is 9.97 Å². The van der Waals surface area contributed by atoms with Crippen LogP contribution >= 0.6 is 23.2 Å². The zero-order chi connectivity index (χ0) is 13.1. The van der Waals surface area contributed by atoms with E-state index in [2.05, 4.69) is 9.97 Å². The van der Waals surface area contributed by atoms with Crippen molar-refractivity contribution in [3.8, 4) is 17.7 Å². The fourth-order valence-electron chi connectivity index (χ4n) is 1.35. The van der Waals surface area contributed by atoms with E-state index in [1.165, 1.54) is 6.20 Å². The molecule has 0 aliphatic rings. The number of ether oxygens (including phenoxy) is 1. The number of benzene rings is 1. The van der Waals surface area contributed by atoms with Gasteiger partial charge in [0.15, 0.2) is 0 Å². The summed E-state index contributed by atoms with van der Waals surface area (Å²) in [7, 11) is 0. The lowest BCUT2D eigenvalue weighted by molar-refractivity contribution is 0.458. The number of halogens is 2. The van der Waals surface area contributed by atoms with Crippen LogP contribution in [0.2, 0.25) is 10.3 Å². The van der Waals surface area contributed by atoms with E-state index in [0.717, 1.165) is 5.56 Å². The van der Waals surface area contributed by atoms with Crippen LogP contribution in [0.25, 0.3) is 0 Å². The molecule has 0 aliphatic carbocycles. The maximum atomic E-state index is 8.85. The topological polar surface area (TPSA) is 58.8 Å². The van der Waals surface area contributed by atoms with Crippen molar-refractivity contribution in [3.63, 3.8) is 0 Å². The Balaban J connectivity index is 2.36. The minimum Gasteiger partial charge on any atom is -0.439 e. The molecule has 0 bridgehead atoms. The van der Waals surface area contributed by atoms with Crippen molar-refractivity contribution in [2.75, 3.05) is 0 Å². The number of hydrogen-bond acceptors (Lipinski definition) is 4. The molecular weight excluding hydrogens is 273 g/mol. The summed E-state index contributed by atoms with van der Waals surface area (Å²) in [5.41, 5.74) is 1.19. The summed E-state index contributed by atoms with van der Waals surface area (Å²) in [5.74, 6) is 0.840. The molecule has 4 nitrogen and oxygen atoms in total. The van der Waals surface area contributed by atoms with E-state index in [0.29, 0.717) is 22.2 Å². The van der Waals surface area contributed by atoms with E-state index in [1.807, 2.05) is 13.0 Å². The van der Waals surface area contributed by atoms with Crippen molar-refractivity contribution in [3.05, 3.63) is 45.8 Å². The maximum absolute atomic E-state index is 8.85.